The smallest absolute Gasteiger partial charge is 0.211 e. The van der Waals surface area contributed by atoms with Gasteiger partial charge in [-0.15, -0.1) is 13.2 Å². The number of carbonyl (C=O) groups is 1. The number of hydrogen-bond donors (Lipinski definition) is 0. The fourth-order valence-corrected chi connectivity index (χ4v) is 1.91. The lowest BCUT2D eigenvalue weighted by Gasteiger charge is -2.22. The molecule has 1 aliphatic rings. The zero-order valence-electron chi connectivity index (χ0n) is 7.82. The van der Waals surface area contributed by atoms with Gasteiger partial charge < -0.3 is 0 Å². The van der Waals surface area contributed by atoms with Crippen LogP contribution in [0.4, 0.5) is 0 Å². The number of nitrogens with zero attached hydrogens (tertiary/aromatic N) is 1. The molecule has 0 spiro atoms. The topological polar surface area (TPSA) is 54.5 Å². The Hall–Kier alpha value is -0.680. The Morgan fingerprint density at radius 2 is 1.62 bits per heavy atom. The monoisotopic (exact) mass is 205 g/mol. The van der Waals surface area contributed by atoms with Crippen molar-refractivity contribution in [1.82, 2.24) is 4.31 Å². The third-order valence-electron chi connectivity index (χ3n) is 1.75. The summed E-state index contributed by atoms with van der Waals surface area (Å²) < 4.78 is 23.2. The summed E-state index contributed by atoms with van der Waals surface area (Å²) in [6, 6.07) is 0. The van der Waals surface area contributed by atoms with Crippen molar-refractivity contribution in [2.24, 2.45) is 0 Å². The number of hydrogen-bond acceptors (Lipinski definition) is 3. The van der Waals surface area contributed by atoms with Crippen molar-refractivity contribution in [1.29, 1.82) is 0 Å². The molecule has 1 heterocycles. The SMILES string of the molecule is C=C.CS(=O)(=O)N1CCC(=O)CC1. The van der Waals surface area contributed by atoms with Crippen LogP contribution in [0, 0.1) is 0 Å². The van der Waals surface area contributed by atoms with Gasteiger partial charge in [-0.1, -0.05) is 0 Å². The summed E-state index contributed by atoms with van der Waals surface area (Å²) in [5, 5.41) is 0. The van der Waals surface area contributed by atoms with Crippen LogP contribution in [0.25, 0.3) is 0 Å². The van der Waals surface area contributed by atoms with Gasteiger partial charge in [-0.2, -0.15) is 0 Å². The molecule has 0 aliphatic carbocycles. The molecule has 1 rings (SSSR count). The first-order chi connectivity index (χ1) is 6.00. The summed E-state index contributed by atoms with van der Waals surface area (Å²) in [7, 11) is -3.07. The van der Waals surface area contributed by atoms with E-state index in [0.29, 0.717) is 25.9 Å². The van der Waals surface area contributed by atoms with E-state index in [1.165, 1.54) is 10.6 Å². The molecule has 0 aromatic heterocycles. The van der Waals surface area contributed by atoms with E-state index in [1.54, 1.807) is 0 Å². The average Bonchev–Trinajstić information content (AvgIpc) is 2.07. The van der Waals surface area contributed by atoms with E-state index in [-0.39, 0.29) is 5.78 Å². The molecule has 0 radical (unpaired) electrons. The Morgan fingerprint density at radius 3 is 1.92 bits per heavy atom. The minimum Gasteiger partial charge on any atom is -0.300 e. The van der Waals surface area contributed by atoms with Crippen LogP contribution in [0.1, 0.15) is 12.8 Å². The van der Waals surface area contributed by atoms with Crippen molar-refractivity contribution in [2.75, 3.05) is 19.3 Å². The molecule has 13 heavy (non-hydrogen) atoms. The van der Waals surface area contributed by atoms with Crippen LogP contribution >= 0.6 is 0 Å². The first kappa shape index (κ1) is 12.3. The van der Waals surface area contributed by atoms with Gasteiger partial charge in [-0.3, -0.25) is 4.79 Å². The Bertz CT molecular complexity index is 261. The van der Waals surface area contributed by atoms with Gasteiger partial charge in [0.05, 0.1) is 6.26 Å². The molecule has 0 amide bonds. The summed E-state index contributed by atoms with van der Waals surface area (Å²) in [6.07, 6.45) is 1.91. The van der Waals surface area contributed by atoms with Crippen molar-refractivity contribution >= 4 is 15.8 Å². The quantitative estimate of drug-likeness (QED) is 0.583. The van der Waals surface area contributed by atoms with Gasteiger partial charge in [0.15, 0.2) is 0 Å². The predicted molar refractivity (Wildman–Crippen MR) is 51.9 cm³/mol. The second-order valence-corrected chi connectivity index (χ2v) is 4.68. The second-order valence-electron chi connectivity index (χ2n) is 2.70. The van der Waals surface area contributed by atoms with Gasteiger partial charge in [0.25, 0.3) is 0 Å². The normalized spacial score (nSPS) is 19.0. The van der Waals surface area contributed by atoms with E-state index in [9.17, 15) is 13.2 Å². The van der Waals surface area contributed by atoms with Gasteiger partial charge in [0.1, 0.15) is 5.78 Å². The highest BCUT2D eigenvalue weighted by Gasteiger charge is 2.22. The maximum atomic E-state index is 10.9. The molecule has 1 aliphatic heterocycles. The lowest BCUT2D eigenvalue weighted by molar-refractivity contribution is -0.120. The molecule has 0 aromatic rings. The van der Waals surface area contributed by atoms with E-state index >= 15 is 0 Å². The molecule has 5 heteroatoms. The molecule has 0 N–H and O–H groups in total. The molecular formula is C8H15NO3S. The number of ketones is 1. The molecule has 0 unspecified atom stereocenters. The molecule has 4 nitrogen and oxygen atoms in total. The zero-order valence-corrected chi connectivity index (χ0v) is 8.64. The molecule has 0 aromatic carbocycles. The molecule has 1 saturated heterocycles. The Balaban J connectivity index is 0.000000671. The van der Waals surface area contributed by atoms with Crippen LogP contribution in [-0.4, -0.2) is 37.9 Å². The van der Waals surface area contributed by atoms with Crippen molar-refractivity contribution in [2.45, 2.75) is 12.8 Å². The van der Waals surface area contributed by atoms with Crippen LogP contribution in [0.2, 0.25) is 0 Å². The van der Waals surface area contributed by atoms with E-state index < -0.39 is 10.0 Å². The lowest BCUT2D eigenvalue weighted by Crippen LogP contribution is -2.37. The fraction of sp³-hybridized carbons (Fsp3) is 0.625. The van der Waals surface area contributed by atoms with E-state index in [2.05, 4.69) is 13.2 Å². The summed E-state index contributed by atoms with van der Waals surface area (Å²) in [5.41, 5.74) is 0. The summed E-state index contributed by atoms with van der Waals surface area (Å²) in [6.45, 7) is 6.72. The molecule has 0 saturated carbocycles. The van der Waals surface area contributed by atoms with Crippen molar-refractivity contribution in [3.05, 3.63) is 13.2 Å². The van der Waals surface area contributed by atoms with E-state index in [0.717, 1.165) is 0 Å². The van der Waals surface area contributed by atoms with E-state index in [4.69, 9.17) is 0 Å². The third-order valence-corrected chi connectivity index (χ3v) is 3.05. The zero-order chi connectivity index (χ0) is 10.5. The molecule has 1 fully saturated rings. The minimum absolute atomic E-state index is 0.157. The number of rotatable bonds is 1. The van der Waals surface area contributed by atoms with Crippen LogP contribution in [-0.2, 0) is 14.8 Å². The maximum Gasteiger partial charge on any atom is 0.211 e. The Morgan fingerprint density at radius 1 is 1.23 bits per heavy atom. The van der Waals surface area contributed by atoms with Crippen LogP contribution in [0.3, 0.4) is 0 Å². The molecule has 76 valence electrons. The summed E-state index contributed by atoms with van der Waals surface area (Å²) in [4.78, 5) is 10.7. The van der Waals surface area contributed by atoms with Gasteiger partial charge >= 0.3 is 0 Å². The lowest BCUT2D eigenvalue weighted by atomic mass is 10.1. The maximum absolute atomic E-state index is 10.9. The predicted octanol–water partition coefficient (Wildman–Crippen LogP) is 0.413. The molecule has 0 atom stereocenters. The van der Waals surface area contributed by atoms with Gasteiger partial charge in [-0.05, 0) is 0 Å². The number of Topliss-reactive ketones (excluding diaryl/α,β-unsaturated/α-hetero) is 1. The standard InChI is InChI=1S/C6H11NO3S.C2H4/c1-11(9,10)7-4-2-6(8)3-5-7;1-2/h2-5H2,1H3;1-2H2. The average molecular weight is 205 g/mol. The highest BCUT2D eigenvalue weighted by atomic mass is 32.2. The molecular weight excluding hydrogens is 190 g/mol. The van der Waals surface area contributed by atoms with Gasteiger partial charge in [-0.25, -0.2) is 12.7 Å². The Kier molecular flexibility index (Phi) is 4.87. The summed E-state index contributed by atoms with van der Waals surface area (Å²) >= 11 is 0. The first-order valence-corrected chi connectivity index (χ1v) is 5.82. The largest absolute Gasteiger partial charge is 0.300 e. The van der Waals surface area contributed by atoms with Crippen LogP contribution in [0.5, 0.6) is 0 Å². The van der Waals surface area contributed by atoms with Crippen molar-refractivity contribution in [3.8, 4) is 0 Å². The van der Waals surface area contributed by atoms with Crippen molar-refractivity contribution < 1.29 is 13.2 Å². The van der Waals surface area contributed by atoms with Gasteiger partial charge in [0.2, 0.25) is 10.0 Å². The van der Waals surface area contributed by atoms with Crippen LogP contribution in [0.15, 0.2) is 13.2 Å². The fourth-order valence-electron chi connectivity index (χ4n) is 1.07. The number of sulfonamides is 1. The second kappa shape index (κ2) is 5.14. The Labute approximate surface area is 79.3 Å². The molecule has 0 bridgehead atoms. The number of carbonyl (C=O) groups excluding carboxylic acids is 1. The number of piperidine rings is 1. The first-order valence-electron chi connectivity index (χ1n) is 3.97. The highest BCUT2D eigenvalue weighted by molar-refractivity contribution is 7.88. The third kappa shape index (κ3) is 4.19. The van der Waals surface area contributed by atoms with E-state index in [1.807, 2.05) is 0 Å². The highest BCUT2D eigenvalue weighted by Crippen LogP contribution is 2.08. The summed E-state index contributed by atoms with van der Waals surface area (Å²) in [5.74, 6) is 0.157. The van der Waals surface area contributed by atoms with Crippen molar-refractivity contribution in [3.63, 3.8) is 0 Å². The minimum atomic E-state index is -3.07. The van der Waals surface area contributed by atoms with Gasteiger partial charge in [0, 0.05) is 25.9 Å². The van der Waals surface area contributed by atoms with Crippen LogP contribution < -0.4 is 0 Å².